The molecule has 1 aliphatic heterocycles. The van der Waals surface area contributed by atoms with Gasteiger partial charge in [-0.25, -0.2) is 12.7 Å². The van der Waals surface area contributed by atoms with Crippen molar-refractivity contribution in [1.82, 2.24) is 4.31 Å². The lowest BCUT2D eigenvalue weighted by molar-refractivity contribution is -0.137. The van der Waals surface area contributed by atoms with Crippen LogP contribution in [0.5, 0.6) is 0 Å². The van der Waals surface area contributed by atoms with E-state index in [4.69, 9.17) is 5.11 Å². The number of carboxylic acid groups (broad SMARTS) is 1. The van der Waals surface area contributed by atoms with Crippen LogP contribution in [0.2, 0.25) is 0 Å². The van der Waals surface area contributed by atoms with E-state index >= 15 is 0 Å². The molecule has 0 aromatic heterocycles. The van der Waals surface area contributed by atoms with Gasteiger partial charge in [0, 0.05) is 19.5 Å². The summed E-state index contributed by atoms with van der Waals surface area (Å²) in [5, 5.41) is 8.66. The van der Waals surface area contributed by atoms with Gasteiger partial charge in [0.1, 0.15) is 0 Å². The van der Waals surface area contributed by atoms with Crippen LogP contribution < -0.4 is 0 Å². The molecule has 1 saturated heterocycles. The van der Waals surface area contributed by atoms with Crippen molar-refractivity contribution in [2.45, 2.75) is 25.0 Å². The minimum Gasteiger partial charge on any atom is -0.481 e. The molecule has 1 atom stereocenters. The third kappa shape index (κ3) is 4.05. The molecule has 0 aliphatic carbocycles. The molecule has 0 amide bonds. The normalized spacial score (nSPS) is 20.1. The number of aliphatic carboxylic acids is 1. The van der Waals surface area contributed by atoms with Gasteiger partial charge in [-0.15, -0.1) is 0 Å². The molecule has 0 radical (unpaired) electrons. The Kier molecular flexibility index (Phi) is 4.77. The molecule has 1 N–H and O–H groups in total. The summed E-state index contributed by atoms with van der Waals surface area (Å²) in [6.07, 6.45) is 1.41. The van der Waals surface area contributed by atoms with Crippen molar-refractivity contribution in [3.05, 3.63) is 35.9 Å². The van der Waals surface area contributed by atoms with Crippen molar-refractivity contribution in [3.8, 4) is 0 Å². The Morgan fingerprint density at radius 3 is 2.65 bits per heavy atom. The van der Waals surface area contributed by atoms with Crippen molar-refractivity contribution in [3.63, 3.8) is 0 Å². The Bertz CT molecular complexity index is 556. The predicted molar refractivity (Wildman–Crippen MR) is 75.6 cm³/mol. The maximum absolute atomic E-state index is 12.3. The molecule has 5 nitrogen and oxygen atoms in total. The molecule has 1 aromatic carbocycles. The van der Waals surface area contributed by atoms with Crippen LogP contribution in [0.3, 0.4) is 0 Å². The highest BCUT2D eigenvalue weighted by atomic mass is 32.2. The Morgan fingerprint density at radius 2 is 2.00 bits per heavy atom. The fourth-order valence-corrected chi connectivity index (χ4v) is 4.11. The van der Waals surface area contributed by atoms with Gasteiger partial charge in [-0.1, -0.05) is 30.3 Å². The van der Waals surface area contributed by atoms with Crippen LogP contribution in [-0.2, 0) is 20.6 Å². The fraction of sp³-hybridized carbons (Fsp3) is 0.500. The molecule has 2 rings (SSSR count). The highest BCUT2D eigenvalue weighted by Gasteiger charge is 2.31. The van der Waals surface area contributed by atoms with Gasteiger partial charge in [0.2, 0.25) is 10.0 Å². The number of sulfonamides is 1. The van der Waals surface area contributed by atoms with Gasteiger partial charge in [0.15, 0.2) is 0 Å². The maximum atomic E-state index is 12.3. The lowest BCUT2D eigenvalue weighted by Gasteiger charge is -2.16. The molecule has 1 heterocycles. The summed E-state index contributed by atoms with van der Waals surface area (Å²) >= 11 is 0. The second kappa shape index (κ2) is 6.37. The van der Waals surface area contributed by atoms with Crippen molar-refractivity contribution in [2.75, 3.05) is 13.1 Å². The Hall–Kier alpha value is -1.40. The number of hydrogen-bond acceptors (Lipinski definition) is 3. The summed E-state index contributed by atoms with van der Waals surface area (Å²) in [6.45, 7) is 0.946. The van der Waals surface area contributed by atoms with Crippen LogP contribution in [0, 0.1) is 5.92 Å². The minimum atomic E-state index is -3.30. The van der Waals surface area contributed by atoms with E-state index in [0.717, 1.165) is 12.0 Å². The van der Waals surface area contributed by atoms with Crippen molar-refractivity contribution in [1.29, 1.82) is 0 Å². The standard InChI is InChI=1S/C14H19NO4S/c16-14(17)7-6-12-8-9-15(10-12)20(18,19)11-13-4-2-1-3-5-13/h1-5,12H,6-11H2,(H,16,17). The average molecular weight is 297 g/mol. The Balaban J connectivity index is 1.93. The Morgan fingerprint density at radius 1 is 1.30 bits per heavy atom. The van der Waals surface area contributed by atoms with E-state index in [9.17, 15) is 13.2 Å². The summed E-state index contributed by atoms with van der Waals surface area (Å²) in [7, 11) is -3.30. The molecule has 20 heavy (non-hydrogen) atoms. The summed E-state index contributed by atoms with van der Waals surface area (Å²) in [4.78, 5) is 10.5. The van der Waals surface area contributed by atoms with Gasteiger partial charge in [-0.3, -0.25) is 4.79 Å². The quantitative estimate of drug-likeness (QED) is 0.867. The van der Waals surface area contributed by atoms with Crippen molar-refractivity contribution in [2.24, 2.45) is 5.92 Å². The molecule has 1 aliphatic rings. The largest absolute Gasteiger partial charge is 0.481 e. The van der Waals surface area contributed by atoms with Crippen LogP contribution in [0.4, 0.5) is 0 Å². The molecule has 1 fully saturated rings. The van der Waals surface area contributed by atoms with Gasteiger partial charge in [-0.05, 0) is 24.3 Å². The van der Waals surface area contributed by atoms with E-state index < -0.39 is 16.0 Å². The summed E-state index contributed by atoms with van der Waals surface area (Å²) in [6, 6.07) is 9.11. The predicted octanol–water partition coefficient (Wildman–Crippen LogP) is 1.70. The first kappa shape index (κ1) is 15.0. The third-order valence-corrected chi connectivity index (χ3v) is 5.42. The number of benzene rings is 1. The number of carbonyl (C=O) groups is 1. The smallest absolute Gasteiger partial charge is 0.303 e. The number of hydrogen-bond donors (Lipinski definition) is 1. The number of nitrogens with zero attached hydrogens (tertiary/aromatic N) is 1. The lowest BCUT2D eigenvalue weighted by atomic mass is 10.0. The van der Waals surface area contributed by atoms with Gasteiger partial charge in [0.05, 0.1) is 5.75 Å². The molecule has 0 saturated carbocycles. The topological polar surface area (TPSA) is 74.7 Å². The number of carboxylic acids is 1. The van der Waals surface area contributed by atoms with E-state index in [-0.39, 0.29) is 18.1 Å². The van der Waals surface area contributed by atoms with Crippen molar-refractivity contribution >= 4 is 16.0 Å². The molecule has 1 unspecified atom stereocenters. The molecule has 1 aromatic rings. The van der Waals surface area contributed by atoms with Crippen LogP contribution >= 0.6 is 0 Å². The van der Waals surface area contributed by atoms with Crippen LogP contribution in [-0.4, -0.2) is 36.9 Å². The fourth-order valence-electron chi connectivity index (χ4n) is 2.49. The maximum Gasteiger partial charge on any atom is 0.303 e. The van der Waals surface area contributed by atoms with E-state index in [1.54, 1.807) is 12.1 Å². The summed E-state index contributed by atoms with van der Waals surface area (Å²) < 4.78 is 26.1. The summed E-state index contributed by atoms with van der Waals surface area (Å²) in [5.74, 6) is -0.647. The molecular weight excluding hydrogens is 278 g/mol. The highest BCUT2D eigenvalue weighted by molar-refractivity contribution is 7.88. The van der Waals surface area contributed by atoms with Gasteiger partial charge in [0.25, 0.3) is 0 Å². The first-order valence-corrected chi connectivity index (χ1v) is 8.32. The lowest BCUT2D eigenvalue weighted by Crippen LogP contribution is -2.30. The van der Waals surface area contributed by atoms with E-state index in [1.165, 1.54) is 4.31 Å². The zero-order chi connectivity index (χ0) is 14.6. The second-order valence-electron chi connectivity index (χ2n) is 5.19. The average Bonchev–Trinajstić information content (AvgIpc) is 2.86. The van der Waals surface area contributed by atoms with Gasteiger partial charge in [-0.2, -0.15) is 0 Å². The molecule has 6 heteroatoms. The third-order valence-electron chi connectivity index (χ3n) is 3.60. The van der Waals surface area contributed by atoms with Gasteiger partial charge >= 0.3 is 5.97 Å². The monoisotopic (exact) mass is 297 g/mol. The van der Waals surface area contributed by atoms with Crippen molar-refractivity contribution < 1.29 is 18.3 Å². The van der Waals surface area contributed by atoms with Crippen LogP contribution in [0.1, 0.15) is 24.8 Å². The molecule has 0 bridgehead atoms. The first-order valence-electron chi connectivity index (χ1n) is 6.71. The molecular formula is C14H19NO4S. The first-order chi connectivity index (χ1) is 9.47. The van der Waals surface area contributed by atoms with E-state index in [2.05, 4.69) is 0 Å². The molecule has 0 spiro atoms. The second-order valence-corrected chi connectivity index (χ2v) is 7.16. The molecule has 110 valence electrons. The SMILES string of the molecule is O=C(O)CCC1CCN(S(=O)(=O)Cc2ccccc2)C1. The number of rotatable bonds is 6. The van der Waals surface area contributed by atoms with Crippen LogP contribution in [0.15, 0.2) is 30.3 Å². The zero-order valence-electron chi connectivity index (χ0n) is 11.2. The van der Waals surface area contributed by atoms with Crippen LogP contribution in [0.25, 0.3) is 0 Å². The highest BCUT2D eigenvalue weighted by Crippen LogP contribution is 2.25. The Labute approximate surface area is 119 Å². The summed E-state index contributed by atoms with van der Waals surface area (Å²) in [5.41, 5.74) is 0.779. The zero-order valence-corrected chi connectivity index (χ0v) is 12.1. The minimum absolute atomic E-state index is 0.0134. The van der Waals surface area contributed by atoms with E-state index in [1.807, 2.05) is 18.2 Å². The van der Waals surface area contributed by atoms with Gasteiger partial charge < -0.3 is 5.11 Å². The van der Waals surface area contributed by atoms with E-state index in [0.29, 0.717) is 19.5 Å².